The van der Waals surface area contributed by atoms with Gasteiger partial charge in [-0.2, -0.15) is 23.4 Å². The van der Waals surface area contributed by atoms with E-state index in [1.165, 1.54) is 10.9 Å². The number of halogens is 5. The number of aromatic nitrogens is 6. The summed E-state index contributed by atoms with van der Waals surface area (Å²) in [5, 5.41) is 10.7. The van der Waals surface area contributed by atoms with Crippen LogP contribution < -0.4 is 11.1 Å². The Morgan fingerprint density at radius 2 is 1.70 bits per heavy atom. The molecule has 1 aromatic carbocycles. The molecule has 5 aromatic heterocycles. The fraction of sp³-hybridized carbons (Fsp3) is 0.226. The number of primary amides is 1. The Labute approximate surface area is 267 Å². The van der Waals surface area contributed by atoms with Gasteiger partial charge in [0.05, 0.1) is 23.8 Å². The van der Waals surface area contributed by atoms with Crippen molar-refractivity contribution in [2.24, 2.45) is 12.8 Å². The molecule has 0 aliphatic carbocycles. The summed E-state index contributed by atoms with van der Waals surface area (Å²) in [6.07, 6.45) is -5.46. The second-order valence-corrected chi connectivity index (χ2v) is 12.1. The molecule has 0 bridgehead atoms. The molecule has 0 aliphatic heterocycles. The van der Waals surface area contributed by atoms with Crippen molar-refractivity contribution in [2.45, 2.75) is 39.3 Å². The molecular formula is C31H25F5N8O2S. The van der Waals surface area contributed by atoms with E-state index >= 15 is 0 Å². The lowest BCUT2D eigenvalue weighted by molar-refractivity contribution is -0.142. The van der Waals surface area contributed by atoms with Gasteiger partial charge in [0.25, 0.3) is 18.2 Å². The van der Waals surface area contributed by atoms with Crippen LogP contribution in [0.25, 0.3) is 38.2 Å². The van der Waals surface area contributed by atoms with Gasteiger partial charge in [-0.25, -0.2) is 23.3 Å². The molecule has 6 rings (SSSR count). The molecular weight excluding hydrogens is 643 g/mol. The van der Waals surface area contributed by atoms with Crippen LogP contribution in [0.2, 0.25) is 0 Å². The van der Waals surface area contributed by atoms with E-state index in [2.05, 4.69) is 25.5 Å². The number of hydrogen-bond donors (Lipinski definition) is 2. The van der Waals surface area contributed by atoms with Gasteiger partial charge in [0.2, 0.25) is 0 Å². The number of rotatable bonds is 7. The van der Waals surface area contributed by atoms with Gasteiger partial charge in [-0.1, -0.05) is 38.1 Å². The molecule has 0 saturated carbocycles. The molecule has 0 radical (unpaired) electrons. The van der Waals surface area contributed by atoms with Gasteiger partial charge in [0, 0.05) is 29.3 Å². The number of nitrogens with zero attached hydrogens (tertiary/aromatic N) is 6. The van der Waals surface area contributed by atoms with Crippen LogP contribution in [0.3, 0.4) is 0 Å². The lowest BCUT2D eigenvalue weighted by atomic mass is 10.0. The second-order valence-electron chi connectivity index (χ2n) is 11.1. The summed E-state index contributed by atoms with van der Waals surface area (Å²) in [5.41, 5.74) is 5.51. The molecule has 6 aromatic rings. The zero-order valence-electron chi connectivity index (χ0n) is 25.1. The van der Waals surface area contributed by atoms with E-state index in [9.17, 15) is 31.5 Å². The third-order valence-corrected chi connectivity index (χ3v) is 8.87. The molecule has 3 N–H and O–H groups in total. The smallest absolute Gasteiger partial charge is 0.365 e. The zero-order chi connectivity index (χ0) is 33.9. The van der Waals surface area contributed by atoms with Crippen LogP contribution in [0.1, 0.15) is 68.9 Å². The number of alkyl halides is 5. The van der Waals surface area contributed by atoms with Crippen LogP contribution in [-0.4, -0.2) is 41.2 Å². The largest absolute Gasteiger partial charge is 0.433 e. The molecule has 16 heteroatoms. The Bertz CT molecular complexity index is 2200. The Kier molecular flexibility index (Phi) is 7.78. The van der Waals surface area contributed by atoms with Crippen molar-refractivity contribution in [3.05, 3.63) is 81.9 Å². The van der Waals surface area contributed by atoms with Crippen molar-refractivity contribution in [3.63, 3.8) is 0 Å². The average molecular weight is 669 g/mol. The highest BCUT2D eigenvalue weighted by Gasteiger charge is 2.36. The maximum Gasteiger partial charge on any atom is 0.433 e. The molecule has 10 nitrogen and oxygen atoms in total. The normalized spacial score (nSPS) is 12.1. The van der Waals surface area contributed by atoms with Gasteiger partial charge < -0.3 is 11.1 Å². The van der Waals surface area contributed by atoms with E-state index in [0.29, 0.717) is 32.7 Å². The molecule has 0 fully saturated rings. The van der Waals surface area contributed by atoms with Crippen molar-refractivity contribution in [3.8, 4) is 22.4 Å². The molecule has 0 aliphatic rings. The monoisotopic (exact) mass is 668 g/mol. The maximum absolute atomic E-state index is 14.2. The van der Waals surface area contributed by atoms with E-state index in [1.54, 1.807) is 38.2 Å². The second kappa shape index (κ2) is 11.5. The fourth-order valence-corrected chi connectivity index (χ4v) is 6.20. The van der Waals surface area contributed by atoms with Crippen LogP contribution in [0.15, 0.2) is 48.8 Å². The number of nitrogens with two attached hydrogens (primary N) is 1. The Morgan fingerprint density at radius 3 is 2.28 bits per heavy atom. The minimum absolute atomic E-state index is 0.0189. The highest BCUT2D eigenvalue weighted by Crippen LogP contribution is 2.43. The Hall–Kier alpha value is -5.25. The quantitative estimate of drug-likeness (QED) is 0.174. The van der Waals surface area contributed by atoms with Gasteiger partial charge in [-0.15, -0.1) is 11.3 Å². The van der Waals surface area contributed by atoms with Crippen LogP contribution in [0.5, 0.6) is 0 Å². The summed E-state index contributed by atoms with van der Waals surface area (Å²) < 4.78 is 72.5. The molecule has 47 heavy (non-hydrogen) atoms. The molecule has 2 amide bonds. The fourth-order valence-electron chi connectivity index (χ4n) is 5.19. The minimum atomic E-state index is -4.86. The van der Waals surface area contributed by atoms with Crippen molar-refractivity contribution >= 4 is 44.7 Å². The number of pyridine rings is 1. The summed E-state index contributed by atoms with van der Waals surface area (Å²) >= 11 is 0.690. The van der Waals surface area contributed by atoms with E-state index in [0.717, 1.165) is 23.9 Å². The van der Waals surface area contributed by atoms with Crippen molar-refractivity contribution < 1.29 is 31.5 Å². The van der Waals surface area contributed by atoms with Gasteiger partial charge >= 0.3 is 6.18 Å². The molecule has 0 unspecified atom stereocenters. The average Bonchev–Trinajstić information content (AvgIpc) is 3.71. The maximum atomic E-state index is 14.2. The SMILES string of the molecule is Cc1c(-c2cc(C(F)F)nc3sc(C(N)=O)c(NC(=O)c4cnn5c(C(F)(F)F)cc(-c6ccc(C(C)C)cc6)nc45)c23)cnn1C. The van der Waals surface area contributed by atoms with Crippen LogP contribution in [0.4, 0.5) is 27.6 Å². The first-order valence-electron chi connectivity index (χ1n) is 14.1. The number of anilines is 1. The molecule has 5 heterocycles. The Morgan fingerprint density at radius 1 is 1.00 bits per heavy atom. The highest BCUT2D eigenvalue weighted by molar-refractivity contribution is 7.21. The topological polar surface area (TPSA) is 133 Å². The predicted molar refractivity (Wildman–Crippen MR) is 166 cm³/mol. The first-order chi connectivity index (χ1) is 22.1. The lowest BCUT2D eigenvalue weighted by Gasteiger charge is -2.13. The Balaban J connectivity index is 1.53. The highest BCUT2D eigenvalue weighted by atomic mass is 32.1. The third-order valence-electron chi connectivity index (χ3n) is 7.77. The number of amides is 2. The van der Waals surface area contributed by atoms with Crippen LogP contribution in [-0.2, 0) is 13.2 Å². The molecule has 0 saturated heterocycles. The standard InChI is InChI=1S/C31H25F5N8O2S/c1-13(2)15-5-7-16(8-6-15)20-10-22(31(34,35)36)44-28(40-20)19(12-39-44)29(46)42-24-23-17(18-11-38-43(4)14(18)3)9-21(26(32)33)41-30(23)47-25(24)27(37)45/h5-13,26H,1-4H3,(H2,37,45)(H,42,46). The van der Waals surface area contributed by atoms with Gasteiger partial charge in [-0.05, 0) is 36.1 Å². The molecule has 242 valence electrons. The third kappa shape index (κ3) is 5.58. The number of benzene rings is 1. The summed E-state index contributed by atoms with van der Waals surface area (Å²) in [6, 6.07) is 8.83. The van der Waals surface area contributed by atoms with Gasteiger partial charge in [-0.3, -0.25) is 14.3 Å². The van der Waals surface area contributed by atoms with Gasteiger partial charge in [0.1, 0.15) is 21.0 Å². The first kappa shape index (κ1) is 31.7. The number of nitrogens with one attached hydrogen (secondary N) is 1. The summed E-state index contributed by atoms with van der Waals surface area (Å²) in [6.45, 7) is 5.66. The van der Waals surface area contributed by atoms with Crippen molar-refractivity contribution in [1.29, 1.82) is 0 Å². The van der Waals surface area contributed by atoms with Crippen LogP contribution in [0, 0.1) is 6.92 Å². The number of hydrogen-bond acceptors (Lipinski definition) is 7. The number of carbonyl (C=O) groups is 2. The summed E-state index contributed by atoms with van der Waals surface area (Å²) in [4.78, 5) is 34.6. The van der Waals surface area contributed by atoms with Crippen molar-refractivity contribution in [1.82, 2.24) is 29.4 Å². The number of thiophene rings is 1. The number of aryl methyl sites for hydroxylation is 1. The van der Waals surface area contributed by atoms with E-state index in [-0.39, 0.29) is 43.5 Å². The summed E-state index contributed by atoms with van der Waals surface area (Å²) in [5.74, 6) is -1.77. The summed E-state index contributed by atoms with van der Waals surface area (Å²) in [7, 11) is 1.65. The zero-order valence-corrected chi connectivity index (χ0v) is 26.0. The van der Waals surface area contributed by atoms with E-state index in [4.69, 9.17) is 5.73 Å². The van der Waals surface area contributed by atoms with E-state index < -0.39 is 41.5 Å². The predicted octanol–water partition coefficient (Wildman–Crippen LogP) is 7.15. The van der Waals surface area contributed by atoms with E-state index in [1.807, 2.05) is 13.8 Å². The lowest BCUT2D eigenvalue weighted by Crippen LogP contribution is -2.18. The molecule has 0 spiro atoms. The molecule has 0 atom stereocenters. The minimum Gasteiger partial charge on any atom is -0.365 e. The van der Waals surface area contributed by atoms with Gasteiger partial charge in [0.15, 0.2) is 11.3 Å². The number of carbonyl (C=O) groups excluding carboxylic acids is 2. The number of fused-ring (bicyclic) bond motifs is 2. The van der Waals surface area contributed by atoms with Crippen molar-refractivity contribution in [2.75, 3.05) is 5.32 Å². The van der Waals surface area contributed by atoms with Crippen LogP contribution >= 0.6 is 11.3 Å². The first-order valence-corrected chi connectivity index (χ1v) is 14.9.